The molecule has 0 aliphatic carbocycles. The van der Waals surface area contributed by atoms with Crippen LogP contribution in [-0.4, -0.2) is 39.4 Å². The van der Waals surface area contributed by atoms with E-state index in [1.54, 1.807) is 25.3 Å². The highest BCUT2D eigenvalue weighted by Crippen LogP contribution is 2.28. The Kier molecular flexibility index (Phi) is 10.0. The number of hydrogen-bond acceptors (Lipinski definition) is 4. The van der Waals surface area contributed by atoms with Crippen molar-refractivity contribution in [2.24, 2.45) is 11.8 Å². The molecule has 142 valence electrons. The Bertz CT molecular complexity index is 514. The lowest BCUT2D eigenvalue weighted by atomic mass is 10.1. The van der Waals surface area contributed by atoms with E-state index in [1.807, 2.05) is 0 Å². The molecule has 25 heavy (non-hydrogen) atoms. The second kappa shape index (κ2) is 11.7. The number of amides is 1. The smallest absolute Gasteiger partial charge is 0.251 e. The fourth-order valence-corrected chi connectivity index (χ4v) is 2.13. The lowest BCUT2D eigenvalue weighted by molar-refractivity contribution is 0.0924. The molecule has 1 aromatic carbocycles. The average molecular weight is 351 g/mol. The highest BCUT2D eigenvalue weighted by molar-refractivity contribution is 5.94. The molecule has 0 unspecified atom stereocenters. The van der Waals surface area contributed by atoms with E-state index >= 15 is 0 Å². The van der Waals surface area contributed by atoms with Crippen LogP contribution in [0.3, 0.4) is 0 Å². The summed E-state index contributed by atoms with van der Waals surface area (Å²) in [5.41, 5.74) is 0.566. The molecule has 0 aliphatic heterocycles. The number of rotatable bonds is 12. The molecule has 1 amide bonds. The first-order valence-electron chi connectivity index (χ1n) is 9.10. The summed E-state index contributed by atoms with van der Waals surface area (Å²) < 4.78 is 16.6. The molecule has 0 saturated carbocycles. The zero-order valence-electron chi connectivity index (χ0n) is 16.3. The van der Waals surface area contributed by atoms with Crippen LogP contribution in [-0.2, 0) is 4.74 Å². The predicted octanol–water partition coefficient (Wildman–Crippen LogP) is 3.91. The van der Waals surface area contributed by atoms with Gasteiger partial charge in [-0.15, -0.1) is 0 Å². The number of carbonyl (C=O) groups is 1. The molecular formula is C20H33NO4. The van der Waals surface area contributed by atoms with E-state index in [0.717, 1.165) is 19.4 Å². The van der Waals surface area contributed by atoms with E-state index in [4.69, 9.17) is 14.2 Å². The third kappa shape index (κ3) is 8.77. The van der Waals surface area contributed by atoms with Crippen molar-refractivity contribution in [2.45, 2.75) is 40.5 Å². The quantitative estimate of drug-likeness (QED) is 0.580. The second-order valence-electron chi connectivity index (χ2n) is 6.97. The highest BCUT2D eigenvalue weighted by Gasteiger charge is 2.11. The normalized spacial score (nSPS) is 11.0. The van der Waals surface area contributed by atoms with E-state index < -0.39 is 0 Å². The van der Waals surface area contributed by atoms with Gasteiger partial charge in [-0.3, -0.25) is 4.79 Å². The van der Waals surface area contributed by atoms with Gasteiger partial charge in [-0.05, 0) is 42.9 Å². The van der Waals surface area contributed by atoms with Crippen molar-refractivity contribution in [1.82, 2.24) is 5.32 Å². The van der Waals surface area contributed by atoms with Gasteiger partial charge in [-0.2, -0.15) is 0 Å². The van der Waals surface area contributed by atoms with Gasteiger partial charge in [0, 0.05) is 25.3 Å². The number of carbonyl (C=O) groups excluding carboxylic acids is 1. The number of hydrogen-bond donors (Lipinski definition) is 1. The van der Waals surface area contributed by atoms with Crippen molar-refractivity contribution in [3.8, 4) is 11.5 Å². The minimum absolute atomic E-state index is 0.115. The van der Waals surface area contributed by atoms with E-state index in [9.17, 15) is 4.79 Å². The zero-order chi connectivity index (χ0) is 18.7. The molecule has 5 nitrogen and oxygen atoms in total. The maximum Gasteiger partial charge on any atom is 0.251 e. The Morgan fingerprint density at radius 1 is 1.08 bits per heavy atom. The first kappa shape index (κ1) is 21.3. The Morgan fingerprint density at radius 3 is 2.48 bits per heavy atom. The minimum atomic E-state index is -0.115. The molecule has 0 bridgehead atoms. The Morgan fingerprint density at radius 2 is 1.84 bits per heavy atom. The van der Waals surface area contributed by atoms with Crippen LogP contribution in [0.5, 0.6) is 11.5 Å². The summed E-state index contributed by atoms with van der Waals surface area (Å²) in [5, 5.41) is 2.90. The number of ether oxygens (including phenoxy) is 3. The molecule has 0 saturated heterocycles. The lowest BCUT2D eigenvalue weighted by Crippen LogP contribution is -2.25. The zero-order valence-corrected chi connectivity index (χ0v) is 16.3. The fourth-order valence-electron chi connectivity index (χ4n) is 2.13. The average Bonchev–Trinajstić information content (AvgIpc) is 2.57. The molecule has 0 spiro atoms. The summed E-state index contributed by atoms with van der Waals surface area (Å²) in [5.74, 6) is 2.25. The first-order chi connectivity index (χ1) is 11.9. The van der Waals surface area contributed by atoms with Gasteiger partial charge in [0.2, 0.25) is 0 Å². The van der Waals surface area contributed by atoms with Crippen LogP contribution in [0.4, 0.5) is 0 Å². The molecule has 1 rings (SSSR count). The number of methoxy groups -OCH3 is 1. The Hall–Kier alpha value is -1.75. The van der Waals surface area contributed by atoms with Crippen LogP contribution < -0.4 is 14.8 Å². The van der Waals surface area contributed by atoms with Crippen LogP contribution in [0, 0.1) is 11.8 Å². The maximum absolute atomic E-state index is 12.2. The Labute approximate surface area is 152 Å². The third-order valence-electron chi connectivity index (χ3n) is 3.58. The molecule has 0 atom stereocenters. The molecular weight excluding hydrogens is 318 g/mol. The SMILES string of the molecule is COc1cc(C(=O)NCCCOCC(C)C)ccc1OCCC(C)C. The van der Waals surface area contributed by atoms with Gasteiger partial charge in [-0.1, -0.05) is 27.7 Å². The van der Waals surface area contributed by atoms with Crippen molar-refractivity contribution in [1.29, 1.82) is 0 Å². The summed E-state index contributed by atoms with van der Waals surface area (Å²) in [6.07, 6.45) is 1.77. The van der Waals surface area contributed by atoms with Crippen molar-refractivity contribution in [2.75, 3.05) is 33.5 Å². The summed E-state index contributed by atoms with van der Waals surface area (Å²) in [6.45, 7) is 11.2. The standard InChI is InChI=1S/C20H33NO4/c1-15(2)9-12-25-18-8-7-17(13-19(18)23-5)20(22)21-10-6-11-24-14-16(3)4/h7-8,13,15-16H,6,9-12,14H2,1-5H3,(H,21,22). The largest absolute Gasteiger partial charge is 0.493 e. The van der Waals surface area contributed by atoms with Gasteiger partial charge >= 0.3 is 0 Å². The van der Waals surface area contributed by atoms with Gasteiger partial charge in [0.15, 0.2) is 11.5 Å². The topological polar surface area (TPSA) is 56.8 Å². The summed E-state index contributed by atoms with van der Waals surface area (Å²) >= 11 is 0. The molecule has 0 heterocycles. The summed E-state index contributed by atoms with van der Waals surface area (Å²) in [6, 6.07) is 5.27. The van der Waals surface area contributed by atoms with Gasteiger partial charge in [0.25, 0.3) is 5.91 Å². The van der Waals surface area contributed by atoms with E-state index in [1.165, 1.54) is 0 Å². The van der Waals surface area contributed by atoms with Crippen molar-refractivity contribution in [3.63, 3.8) is 0 Å². The second-order valence-corrected chi connectivity index (χ2v) is 6.97. The van der Waals surface area contributed by atoms with Crippen LogP contribution >= 0.6 is 0 Å². The van der Waals surface area contributed by atoms with Gasteiger partial charge in [0.05, 0.1) is 13.7 Å². The van der Waals surface area contributed by atoms with E-state index in [-0.39, 0.29) is 5.91 Å². The summed E-state index contributed by atoms with van der Waals surface area (Å²) in [4.78, 5) is 12.2. The van der Waals surface area contributed by atoms with Crippen molar-refractivity contribution in [3.05, 3.63) is 23.8 Å². The van der Waals surface area contributed by atoms with Crippen LogP contribution in [0.2, 0.25) is 0 Å². The first-order valence-corrected chi connectivity index (χ1v) is 9.10. The predicted molar refractivity (Wildman–Crippen MR) is 101 cm³/mol. The molecule has 0 fully saturated rings. The van der Waals surface area contributed by atoms with Crippen LogP contribution in [0.15, 0.2) is 18.2 Å². The fraction of sp³-hybridized carbons (Fsp3) is 0.650. The van der Waals surface area contributed by atoms with E-state index in [2.05, 4.69) is 33.0 Å². The van der Waals surface area contributed by atoms with Crippen LogP contribution in [0.1, 0.15) is 50.9 Å². The number of nitrogens with one attached hydrogen (secondary N) is 1. The highest BCUT2D eigenvalue weighted by atomic mass is 16.5. The van der Waals surface area contributed by atoms with Gasteiger partial charge in [0.1, 0.15) is 0 Å². The van der Waals surface area contributed by atoms with Crippen molar-refractivity contribution < 1.29 is 19.0 Å². The number of benzene rings is 1. The van der Waals surface area contributed by atoms with E-state index in [0.29, 0.717) is 48.7 Å². The van der Waals surface area contributed by atoms with Gasteiger partial charge < -0.3 is 19.5 Å². The molecule has 1 aromatic rings. The van der Waals surface area contributed by atoms with Crippen LogP contribution in [0.25, 0.3) is 0 Å². The molecule has 0 radical (unpaired) electrons. The maximum atomic E-state index is 12.2. The molecule has 1 N–H and O–H groups in total. The lowest BCUT2D eigenvalue weighted by Gasteiger charge is -2.13. The molecule has 5 heteroatoms. The molecule has 0 aromatic heterocycles. The molecule has 0 aliphatic rings. The summed E-state index contributed by atoms with van der Waals surface area (Å²) in [7, 11) is 1.58. The Balaban J connectivity index is 2.45. The van der Waals surface area contributed by atoms with Gasteiger partial charge in [-0.25, -0.2) is 0 Å². The minimum Gasteiger partial charge on any atom is -0.493 e. The van der Waals surface area contributed by atoms with Crippen molar-refractivity contribution >= 4 is 5.91 Å². The monoisotopic (exact) mass is 351 g/mol. The third-order valence-corrected chi connectivity index (χ3v) is 3.58.